The lowest BCUT2D eigenvalue weighted by molar-refractivity contribution is -0.138. The Bertz CT molecular complexity index is 875. The number of morpholine rings is 1. The Labute approximate surface area is 153 Å². The molecule has 1 aromatic carbocycles. The maximum Gasteiger partial charge on any atom is 0.227 e. The summed E-state index contributed by atoms with van der Waals surface area (Å²) < 4.78 is 5.88. The van der Waals surface area contributed by atoms with E-state index in [-0.39, 0.29) is 12.0 Å². The summed E-state index contributed by atoms with van der Waals surface area (Å²) >= 11 is 0. The number of aryl methyl sites for hydroxylation is 1. The van der Waals surface area contributed by atoms with Gasteiger partial charge in [-0.2, -0.15) is 0 Å². The standard InChI is InChI=1S/C21H23N3O2/c25-20(13-17-14-23-21-19(17)7-4-10-22-21)24-11-12-26-18(15-24)9-8-16-5-2-1-3-6-16/h1-7,10,14,18H,8-9,11-13,15H2,(H,22,23)/t18-/m0/s1. The molecule has 2 aromatic heterocycles. The third-order valence-corrected chi connectivity index (χ3v) is 4.97. The quantitative estimate of drug-likeness (QED) is 0.770. The molecule has 1 amide bonds. The summed E-state index contributed by atoms with van der Waals surface area (Å²) in [6.07, 6.45) is 6.06. The highest BCUT2D eigenvalue weighted by molar-refractivity contribution is 5.87. The highest BCUT2D eigenvalue weighted by Crippen LogP contribution is 2.18. The predicted octanol–water partition coefficient (Wildman–Crippen LogP) is 2.97. The van der Waals surface area contributed by atoms with Crippen molar-refractivity contribution in [2.24, 2.45) is 0 Å². The summed E-state index contributed by atoms with van der Waals surface area (Å²) in [5.41, 5.74) is 3.15. The number of pyridine rings is 1. The second-order valence-electron chi connectivity index (χ2n) is 6.75. The zero-order valence-corrected chi connectivity index (χ0v) is 14.7. The van der Waals surface area contributed by atoms with E-state index in [9.17, 15) is 4.79 Å². The molecule has 0 unspecified atom stereocenters. The van der Waals surface area contributed by atoms with Crippen LogP contribution in [0.2, 0.25) is 0 Å². The first kappa shape index (κ1) is 16.8. The number of carbonyl (C=O) groups excluding carboxylic acids is 1. The molecule has 5 heteroatoms. The third-order valence-electron chi connectivity index (χ3n) is 4.97. The van der Waals surface area contributed by atoms with Crippen LogP contribution in [0.5, 0.6) is 0 Å². The van der Waals surface area contributed by atoms with E-state index in [0.29, 0.717) is 26.1 Å². The van der Waals surface area contributed by atoms with E-state index >= 15 is 0 Å². The average molecular weight is 349 g/mol. The van der Waals surface area contributed by atoms with Gasteiger partial charge in [0.1, 0.15) is 5.65 Å². The first-order chi connectivity index (χ1) is 12.8. The number of ether oxygens (including phenoxy) is 1. The number of nitrogens with zero attached hydrogens (tertiary/aromatic N) is 2. The normalized spacial score (nSPS) is 17.5. The van der Waals surface area contributed by atoms with Crippen molar-refractivity contribution < 1.29 is 9.53 Å². The van der Waals surface area contributed by atoms with Crippen molar-refractivity contribution >= 4 is 16.9 Å². The number of H-pyrrole nitrogens is 1. The average Bonchev–Trinajstić information content (AvgIpc) is 3.10. The number of hydrogen-bond donors (Lipinski definition) is 1. The highest BCUT2D eigenvalue weighted by Gasteiger charge is 2.24. The Hall–Kier alpha value is -2.66. The van der Waals surface area contributed by atoms with Crippen LogP contribution in [0, 0.1) is 0 Å². The molecule has 134 valence electrons. The minimum Gasteiger partial charge on any atom is -0.375 e. The molecule has 0 radical (unpaired) electrons. The fourth-order valence-electron chi connectivity index (χ4n) is 3.53. The monoisotopic (exact) mass is 349 g/mol. The second-order valence-corrected chi connectivity index (χ2v) is 6.75. The molecule has 3 aromatic rings. The van der Waals surface area contributed by atoms with Gasteiger partial charge in [0, 0.05) is 30.9 Å². The SMILES string of the molecule is O=C(Cc1c[nH]c2ncccc12)N1CCO[C@@H](CCc2ccccc2)C1. The van der Waals surface area contributed by atoms with Gasteiger partial charge in [-0.3, -0.25) is 4.79 Å². The van der Waals surface area contributed by atoms with Crippen molar-refractivity contribution in [2.45, 2.75) is 25.4 Å². The van der Waals surface area contributed by atoms with Gasteiger partial charge < -0.3 is 14.6 Å². The molecule has 1 saturated heterocycles. The van der Waals surface area contributed by atoms with Gasteiger partial charge in [-0.1, -0.05) is 30.3 Å². The number of benzene rings is 1. The van der Waals surface area contributed by atoms with E-state index in [1.165, 1.54) is 5.56 Å². The lowest BCUT2D eigenvalue weighted by atomic mass is 10.1. The minimum absolute atomic E-state index is 0.109. The molecule has 0 spiro atoms. The fraction of sp³-hybridized carbons (Fsp3) is 0.333. The summed E-state index contributed by atoms with van der Waals surface area (Å²) in [7, 11) is 0. The van der Waals surface area contributed by atoms with Gasteiger partial charge in [-0.25, -0.2) is 4.98 Å². The maximum absolute atomic E-state index is 12.8. The first-order valence-electron chi connectivity index (χ1n) is 9.14. The van der Waals surface area contributed by atoms with Gasteiger partial charge in [0.2, 0.25) is 5.91 Å². The summed E-state index contributed by atoms with van der Waals surface area (Å²) in [5, 5.41) is 1.02. The Balaban J connectivity index is 1.35. The molecule has 1 aliphatic rings. The van der Waals surface area contributed by atoms with Gasteiger partial charge in [-0.05, 0) is 36.1 Å². The van der Waals surface area contributed by atoms with Crippen LogP contribution in [-0.2, 0) is 22.4 Å². The largest absolute Gasteiger partial charge is 0.375 e. The third kappa shape index (κ3) is 3.78. The molecule has 0 bridgehead atoms. The van der Waals surface area contributed by atoms with Crippen LogP contribution in [0.25, 0.3) is 11.0 Å². The Morgan fingerprint density at radius 2 is 2.12 bits per heavy atom. The smallest absolute Gasteiger partial charge is 0.227 e. The summed E-state index contributed by atoms with van der Waals surface area (Å²) in [6, 6.07) is 14.3. The number of amides is 1. The van der Waals surface area contributed by atoms with Gasteiger partial charge in [-0.15, -0.1) is 0 Å². The van der Waals surface area contributed by atoms with Crippen LogP contribution < -0.4 is 0 Å². The minimum atomic E-state index is 0.109. The molecule has 0 aliphatic carbocycles. The molecule has 1 aliphatic heterocycles. The number of aromatic nitrogens is 2. The Kier molecular flexibility index (Phi) is 4.97. The number of hydrogen-bond acceptors (Lipinski definition) is 3. The van der Waals surface area contributed by atoms with Crippen LogP contribution in [-0.4, -0.2) is 46.6 Å². The van der Waals surface area contributed by atoms with Crippen molar-refractivity contribution in [3.63, 3.8) is 0 Å². The molecule has 1 atom stereocenters. The first-order valence-corrected chi connectivity index (χ1v) is 9.14. The van der Waals surface area contributed by atoms with E-state index in [4.69, 9.17) is 4.74 Å². The van der Waals surface area contributed by atoms with Crippen LogP contribution in [0.1, 0.15) is 17.5 Å². The lowest BCUT2D eigenvalue weighted by Crippen LogP contribution is -2.46. The van der Waals surface area contributed by atoms with Crippen molar-refractivity contribution in [3.8, 4) is 0 Å². The van der Waals surface area contributed by atoms with Crippen LogP contribution in [0.4, 0.5) is 0 Å². The number of fused-ring (bicyclic) bond motifs is 1. The van der Waals surface area contributed by atoms with Crippen LogP contribution in [0.15, 0.2) is 54.9 Å². The number of rotatable bonds is 5. The van der Waals surface area contributed by atoms with Crippen molar-refractivity contribution in [1.29, 1.82) is 0 Å². The van der Waals surface area contributed by atoms with Gasteiger partial charge in [0.15, 0.2) is 0 Å². The lowest BCUT2D eigenvalue weighted by Gasteiger charge is -2.33. The summed E-state index contributed by atoms with van der Waals surface area (Å²) in [6.45, 7) is 1.95. The molecule has 1 fully saturated rings. The number of aromatic amines is 1. The number of nitrogens with one attached hydrogen (secondary N) is 1. The number of carbonyl (C=O) groups is 1. The predicted molar refractivity (Wildman–Crippen MR) is 101 cm³/mol. The zero-order valence-electron chi connectivity index (χ0n) is 14.7. The van der Waals surface area contributed by atoms with Gasteiger partial charge in [0.05, 0.1) is 19.1 Å². The van der Waals surface area contributed by atoms with E-state index in [2.05, 4.69) is 34.2 Å². The Morgan fingerprint density at radius 1 is 1.23 bits per heavy atom. The molecule has 5 nitrogen and oxygen atoms in total. The second kappa shape index (κ2) is 7.70. The van der Waals surface area contributed by atoms with E-state index in [0.717, 1.165) is 29.4 Å². The molecular weight excluding hydrogens is 326 g/mol. The Morgan fingerprint density at radius 3 is 3.00 bits per heavy atom. The molecule has 1 N–H and O–H groups in total. The summed E-state index contributed by atoms with van der Waals surface area (Å²) in [4.78, 5) is 22.1. The maximum atomic E-state index is 12.8. The molecule has 4 rings (SSSR count). The summed E-state index contributed by atoms with van der Waals surface area (Å²) in [5.74, 6) is 0.155. The fourth-order valence-corrected chi connectivity index (χ4v) is 3.53. The molecule has 3 heterocycles. The molecule has 26 heavy (non-hydrogen) atoms. The molecular formula is C21H23N3O2. The van der Waals surface area contributed by atoms with Crippen molar-refractivity contribution in [2.75, 3.05) is 19.7 Å². The van der Waals surface area contributed by atoms with Crippen LogP contribution in [0.3, 0.4) is 0 Å². The van der Waals surface area contributed by atoms with Crippen LogP contribution >= 0.6 is 0 Å². The van der Waals surface area contributed by atoms with E-state index in [1.54, 1.807) is 6.20 Å². The van der Waals surface area contributed by atoms with Crippen molar-refractivity contribution in [1.82, 2.24) is 14.9 Å². The molecule has 0 saturated carbocycles. The van der Waals surface area contributed by atoms with Gasteiger partial charge in [0.25, 0.3) is 0 Å². The van der Waals surface area contributed by atoms with E-state index in [1.807, 2.05) is 29.3 Å². The van der Waals surface area contributed by atoms with Crippen molar-refractivity contribution in [3.05, 3.63) is 66.0 Å². The zero-order chi connectivity index (χ0) is 17.8. The topological polar surface area (TPSA) is 58.2 Å². The highest BCUT2D eigenvalue weighted by atomic mass is 16.5. The van der Waals surface area contributed by atoms with E-state index < -0.39 is 0 Å². The van der Waals surface area contributed by atoms with Gasteiger partial charge >= 0.3 is 0 Å².